The number of benzene rings is 2. The molecule has 1 atom stereocenters. The Morgan fingerprint density at radius 1 is 0.964 bits per heavy atom. The Morgan fingerprint density at radius 2 is 1.64 bits per heavy atom. The highest BCUT2D eigenvalue weighted by Gasteiger charge is 2.26. The van der Waals surface area contributed by atoms with E-state index in [-0.39, 0.29) is 0 Å². The minimum absolute atomic E-state index is 0.525. The Balaban J connectivity index is 2.21. The zero-order chi connectivity index (χ0) is 20.3. The molecule has 1 heterocycles. The van der Waals surface area contributed by atoms with Gasteiger partial charge >= 0.3 is 0 Å². The van der Waals surface area contributed by atoms with Crippen LogP contribution in [0.4, 0.5) is 0 Å². The van der Waals surface area contributed by atoms with Crippen LogP contribution in [0, 0.1) is 13.8 Å². The molecule has 0 radical (unpaired) electrons. The topological polar surface area (TPSA) is 12.0 Å². The summed E-state index contributed by atoms with van der Waals surface area (Å²) in [5, 5.41) is 4.89. The van der Waals surface area contributed by atoms with Gasteiger partial charge in [-0.3, -0.25) is 0 Å². The van der Waals surface area contributed by atoms with Crippen molar-refractivity contribution >= 4 is 19.9 Å². The van der Waals surface area contributed by atoms with Gasteiger partial charge in [-0.05, 0) is 73.1 Å². The third-order valence-corrected chi connectivity index (χ3v) is 6.64. The highest BCUT2D eigenvalue weighted by atomic mass is 31.1. The van der Waals surface area contributed by atoms with Crippen molar-refractivity contribution in [1.29, 1.82) is 0 Å². The van der Waals surface area contributed by atoms with Crippen molar-refractivity contribution in [1.82, 2.24) is 5.09 Å². The number of allylic oxidation sites excluding steroid dienone is 5. The molecule has 0 fully saturated rings. The fraction of sp³-hybridized carbons (Fsp3) is 0.231. The van der Waals surface area contributed by atoms with Crippen LogP contribution in [0.2, 0.25) is 0 Å². The standard InChI is InChI=1S/C26H30NP/c1-7-20-15-14-18(5)24(16-20)21(8-2)25-19(6)27-28-26(25)22(9-3)23-13-11-10-12-17(23)4/h8-16,27-28H,6-7H2,1-5H3/b21-8+,22-9+. The van der Waals surface area contributed by atoms with E-state index in [9.17, 15) is 0 Å². The number of hydrogen-bond acceptors (Lipinski definition) is 1. The summed E-state index contributed by atoms with van der Waals surface area (Å²) in [7, 11) is 0.525. The summed E-state index contributed by atoms with van der Waals surface area (Å²) in [6, 6.07) is 15.4. The number of hydrogen-bond donors (Lipinski definition) is 1. The maximum absolute atomic E-state index is 4.36. The smallest absolute Gasteiger partial charge is 0.0387 e. The summed E-state index contributed by atoms with van der Waals surface area (Å²) in [5.41, 5.74) is 11.4. The predicted octanol–water partition coefficient (Wildman–Crippen LogP) is 7.34. The minimum Gasteiger partial charge on any atom is -0.363 e. The van der Waals surface area contributed by atoms with Gasteiger partial charge in [0.15, 0.2) is 0 Å². The molecule has 28 heavy (non-hydrogen) atoms. The molecule has 1 aliphatic rings. The zero-order valence-corrected chi connectivity index (χ0v) is 18.6. The Bertz CT molecular complexity index is 1000. The largest absolute Gasteiger partial charge is 0.363 e. The second-order valence-electron chi connectivity index (χ2n) is 7.20. The summed E-state index contributed by atoms with van der Waals surface area (Å²) in [5.74, 6) is 0. The molecule has 144 valence electrons. The van der Waals surface area contributed by atoms with E-state index in [1.54, 1.807) is 0 Å². The molecular formula is C26H30NP. The quantitative estimate of drug-likeness (QED) is 0.529. The molecule has 0 bridgehead atoms. The van der Waals surface area contributed by atoms with E-state index in [2.05, 4.69) is 101 Å². The SMILES string of the molecule is C=C1NPC(C(=C/C)/c2ccccc2C)=C1/C(=C/C)c1cc(CC)ccc1C. The van der Waals surface area contributed by atoms with Crippen molar-refractivity contribution in [2.45, 2.75) is 41.0 Å². The van der Waals surface area contributed by atoms with Crippen LogP contribution in [0.25, 0.3) is 11.1 Å². The van der Waals surface area contributed by atoms with E-state index < -0.39 is 0 Å². The average molecular weight is 388 g/mol. The molecule has 0 spiro atoms. The van der Waals surface area contributed by atoms with E-state index in [0.29, 0.717) is 8.73 Å². The monoisotopic (exact) mass is 387 g/mol. The number of rotatable bonds is 5. The van der Waals surface area contributed by atoms with Crippen LogP contribution in [-0.4, -0.2) is 0 Å². The van der Waals surface area contributed by atoms with Crippen LogP contribution >= 0.6 is 8.73 Å². The first kappa shape index (κ1) is 20.4. The third-order valence-electron chi connectivity index (χ3n) is 5.44. The van der Waals surface area contributed by atoms with Gasteiger partial charge in [-0.15, -0.1) is 0 Å². The Hall–Kier alpha value is -2.37. The minimum atomic E-state index is 0.525. The van der Waals surface area contributed by atoms with Crippen molar-refractivity contribution in [3.63, 3.8) is 0 Å². The second kappa shape index (κ2) is 8.76. The van der Waals surface area contributed by atoms with Gasteiger partial charge in [0.05, 0.1) is 0 Å². The summed E-state index contributed by atoms with van der Waals surface area (Å²) in [4.78, 5) is 0. The van der Waals surface area contributed by atoms with Crippen LogP contribution in [0.3, 0.4) is 0 Å². The predicted molar refractivity (Wildman–Crippen MR) is 127 cm³/mol. The highest BCUT2D eigenvalue weighted by molar-refractivity contribution is 7.42. The van der Waals surface area contributed by atoms with E-state index in [1.807, 2.05) is 0 Å². The van der Waals surface area contributed by atoms with Crippen LogP contribution < -0.4 is 5.09 Å². The fourth-order valence-electron chi connectivity index (χ4n) is 3.84. The first-order valence-corrected chi connectivity index (χ1v) is 11.0. The molecular weight excluding hydrogens is 357 g/mol. The molecule has 2 aromatic rings. The molecule has 0 saturated heterocycles. The molecule has 3 rings (SSSR count). The molecule has 0 aliphatic carbocycles. The zero-order valence-electron chi connectivity index (χ0n) is 17.6. The van der Waals surface area contributed by atoms with Gasteiger partial charge in [0.1, 0.15) is 0 Å². The van der Waals surface area contributed by atoms with Gasteiger partial charge in [0, 0.05) is 25.3 Å². The first-order chi connectivity index (χ1) is 13.5. The average Bonchev–Trinajstić information content (AvgIpc) is 3.07. The second-order valence-corrected chi connectivity index (χ2v) is 8.20. The van der Waals surface area contributed by atoms with E-state index >= 15 is 0 Å². The summed E-state index contributed by atoms with van der Waals surface area (Å²) in [6.07, 6.45) is 5.53. The lowest BCUT2D eigenvalue weighted by molar-refractivity contribution is 1.13. The van der Waals surface area contributed by atoms with E-state index in [0.717, 1.165) is 12.1 Å². The maximum atomic E-state index is 4.36. The summed E-state index contributed by atoms with van der Waals surface area (Å²) >= 11 is 0. The normalized spacial score (nSPS) is 16.1. The number of nitrogens with one attached hydrogen (secondary N) is 1. The van der Waals surface area contributed by atoms with Crippen LogP contribution in [0.15, 0.2) is 77.8 Å². The highest BCUT2D eigenvalue weighted by Crippen LogP contribution is 2.49. The Kier molecular flexibility index (Phi) is 6.37. The van der Waals surface area contributed by atoms with Crippen molar-refractivity contribution in [2.75, 3.05) is 0 Å². The van der Waals surface area contributed by atoms with Crippen LogP contribution in [0.5, 0.6) is 0 Å². The maximum Gasteiger partial charge on any atom is 0.0387 e. The van der Waals surface area contributed by atoms with Gasteiger partial charge in [-0.25, -0.2) is 0 Å². The van der Waals surface area contributed by atoms with Gasteiger partial charge in [-0.1, -0.05) is 68.1 Å². The first-order valence-electron chi connectivity index (χ1n) is 9.96. The van der Waals surface area contributed by atoms with Crippen LogP contribution in [0.1, 0.15) is 48.6 Å². The number of aryl methyl sites for hydroxylation is 3. The molecule has 2 aromatic carbocycles. The molecule has 1 nitrogen and oxygen atoms in total. The summed E-state index contributed by atoms with van der Waals surface area (Å²) in [6.45, 7) is 15.2. The summed E-state index contributed by atoms with van der Waals surface area (Å²) < 4.78 is 0. The molecule has 0 saturated carbocycles. The molecule has 1 N–H and O–H groups in total. The van der Waals surface area contributed by atoms with Crippen molar-refractivity contribution in [3.8, 4) is 0 Å². The van der Waals surface area contributed by atoms with Crippen molar-refractivity contribution < 1.29 is 0 Å². The van der Waals surface area contributed by atoms with Gasteiger partial charge in [0.2, 0.25) is 0 Å². The van der Waals surface area contributed by atoms with E-state index in [4.69, 9.17) is 0 Å². The fourth-order valence-corrected chi connectivity index (χ4v) is 5.06. The molecule has 2 heteroatoms. The van der Waals surface area contributed by atoms with Gasteiger partial charge < -0.3 is 5.09 Å². The lowest BCUT2D eigenvalue weighted by Crippen LogP contribution is -2.01. The van der Waals surface area contributed by atoms with Crippen molar-refractivity contribution in [2.24, 2.45) is 0 Å². The van der Waals surface area contributed by atoms with Crippen molar-refractivity contribution in [3.05, 3.63) is 106 Å². The molecule has 0 aromatic heterocycles. The Morgan fingerprint density at radius 3 is 2.29 bits per heavy atom. The molecule has 1 unspecified atom stereocenters. The van der Waals surface area contributed by atoms with E-state index in [1.165, 1.54) is 49.9 Å². The third kappa shape index (κ3) is 3.77. The van der Waals surface area contributed by atoms with Gasteiger partial charge in [-0.2, -0.15) is 0 Å². The Labute approximate surface area is 171 Å². The van der Waals surface area contributed by atoms with Crippen LogP contribution in [-0.2, 0) is 6.42 Å². The molecule has 1 aliphatic heterocycles. The lowest BCUT2D eigenvalue weighted by atomic mass is 9.88. The molecule has 0 amide bonds. The van der Waals surface area contributed by atoms with Gasteiger partial charge in [0.25, 0.3) is 0 Å². The lowest BCUT2D eigenvalue weighted by Gasteiger charge is -2.18.